The molecule has 5 heteroatoms. The van der Waals surface area contributed by atoms with Crippen molar-refractivity contribution in [2.75, 3.05) is 5.75 Å². The van der Waals surface area contributed by atoms with Crippen LogP contribution in [0.5, 0.6) is 0 Å². The molecule has 0 radical (unpaired) electrons. The van der Waals surface area contributed by atoms with Gasteiger partial charge >= 0.3 is 0 Å². The average molecular weight is 296 g/mol. The molecule has 1 atom stereocenters. The molecular formula is C16H16N4S. The van der Waals surface area contributed by atoms with Crippen molar-refractivity contribution in [3.63, 3.8) is 0 Å². The Balaban J connectivity index is 1.84. The summed E-state index contributed by atoms with van der Waals surface area (Å²) >= 11 is 2.06. The van der Waals surface area contributed by atoms with Crippen molar-refractivity contribution in [2.45, 2.75) is 24.5 Å². The summed E-state index contributed by atoms with van der Waals surface area (Å²) in [6.07, 6.45) is 7.22. The Morgan fingerprint density at radius 1 is 1.14 bits per heavy atom. The third-order valence-electron chi connectivity index (χ3n) is 3.80. The molecule has 0 saturated carbocycles. The van der Waals surface area contributed by atoms with Crippen LogP contribution in [0.15, 0.2) is 42.7 Å². The molecule has 0 aliphatic carbocycles. The van der Waals surface area contributed by atoms with Crippen LogP contribution in [0.3, 0.4) is 0 Å². The summed E-state index contributed by atoms with van der Waals surface area (Å²) in [7, 11) is 0. The fourth-order valence-corrected chi connectivity index (χ4v) is 4.10. The molecule has 4 rings (SSSR count). The van der Waals surface area contributed by atoms with Crippen LogP contribution in [0.2, 0.25) is 0 Å². The van der Waals surface area contributed by atoms with Crippen molar-refractivity contribution in [1.82, 2.24) is 19.5 Å². The highest BCUT2D eigenvalue weighted by Gasteiger charge is 2.21. The zero-order valence-corrected chi connectivity index (χ0v) is 12.5. The van der Waals surface area contributed by atoms with Crippen LogP contribution in [-0.4, -0.2) is 30.5 Å². The first-order valence-corrected chi connectivity index (χ1v) is 8.32. The summed E-state index contributed by atoms with van der Waals surface area (Å²) < 4.78 is 2.11. The molecule has 0 spiro atoms. The normalized spacial score (nSPS) is 18.4. The number of pyridine rings is 2. The van der Waals surface area contributed by atoms with Gasteiger partial charge in [-0.3, -0.25) is 4.57 Å². The molecule has 0 aromatic carbocycles. The minimum absolute atomic E-state index is 0.671. The van der Waals surface area contributed by atoms with Gasteiger partial charge in [0.25, 0.3) is 0 Å². The Kier molecular flexibility index (Phi) is 3.35. The van der Waals surface area contributed by atoms with Gasteiger partial charge < -0.3 is 0 Å². The smallest absolute Gasteiger partial charge is 0.165 e. The van der Waals surface area contributed by atoms with Gasteiger partial charge in [0.05, 0.1) is 0 Å². The molecule has 4 nitrogen and oxygen atoms in total. The number of thioether (sulfide) groups is 1. The predicted octanol–water partition coefficient (Wildman–Crippen LogP) is 3.25. The number of rotatable bonds is 3. The van der Waals surface area contributed by atoms with Crippen molar-refractivity contribution in [1.29, 1.82) is 0 Å². The molecule has 0 amide bonds. The average Bonchev–Trinajstić information content (AvgIpc) is 3.15. The fourth-order valence-electron chi connectivity index (χ4n) is 2.83. The molecule has 4 heterocycles. The Labute approximate surface area is 127 Å². The molecule has 1 saturated heterocycles. The molecule has 106 valence electrons. The van der Waals surface area contributed by atoms with Crippen LogP contribution in [0.1, 0.15) is 18.7 Å². The maximum atomic E-state index is 4.80. The second kappa shape index (κ2) is 5.48. The number of nitrogens with zero attached hydrogens (tertiary/aromatic N) is 4. The number of hydrogen-bond donors (Lipinski definition) is 0. The van der Waals surface area contributed by atoms with Crippen LogP contribution in [0.4, 0.5) is 0 Å². The van der Waals surface area contributed by atoms with Gasteiger partial charge in [-0.05, 0) is 42.9 Å². The molecule has 1 aliphatic rings. The van der Waals surface area contributed by atoms with E-state index in [4.69, 9.17) is 4.98 Å². The summed E-state index contributed by atoms with van der Waals surface area (Å²) in [4.78, 5) is 13.8. The highest BCUT2D eigenvalue weighted by Crippen LogP contribution is 2.30. The van der Waals surface area contributed by atoms with Crippen molar-refractivity contribution in [2.24, 2.45) is 0 Å². The van der Waals surface area contributed by atoms with E-state index in [1.807, 2.05) is 42.7 Å². The lowest BCUT2D eigenvalue weighted by Gasteiger charge is -2.10. The topological polar surface area (TPSA) is 43.6 Å². The van der Waals surface area contributed by atoms with E-state index in [1.54, 1.807) is 0 Å². The standard InChI is InChI=1S/C16H16N4S/c1-2-8-17-14(7-1)20-15(11-12-5-4-10-21-12)19-13-6-3-9-18-16(13)20/h1-3,6-9,12H,4-5,10-11H2. The Morgan fingerprint density at radius 3 is 2.90 bits per heavy atom. The summed E-state index contributed by atoms with van der Waals surface area (Å²) in [6, 6.07) is 9.91. The zero-order valence-electron chi connectivity index (χ0n) is 11.6. The van der Waals surface area contributed by atoms with E-state index in [2.05, 4.69) is 26.3 Å². The monoisotopic (exact) mass is 296 g/mol. The summed E-state index contributed by atoms with van der Waals surface area (Å²) in [5.74, 6) is 3.24. The lowest BCUT2D eigenvalue weighted by molar-refractivity contribution is 0.734. The van der Waals surface area contributed by atoms with Crippen LogP contribution < -0.4 is 0 Å². The quantitative estimate of drug-likeness (QED) is 0.744. The van der Waals surface area contributed by atoms with Gasteiger partial charge in [0.2, 0.25) is 0 Å². The largest absolute Gasteiger partial charge is 0.264 e. The van der Waals surface area contributed by atoms with Crippen molar-refractivity contribution in [3.05, 3.63) is 48.5 Å². The van der Waals surface area contributed by atoms with Gasteiger partial charge in [0, 0.05) is 24.1 Å². The zero-order chi connectivity index (χ0) is 14.1. The van der Waals surface area contributed by atoms with E-state index < -0.39 is 0 Å². The Morgan fingerprint density at radius 2 is 2.10 bits per heavy atom. The van der Waals surface area contributed by atoms with E-state index >= 15 is 0 Å². The first kappa shape index (κ1) is 12.8. The van der Waals surface area contributed by atoms with E-state index in [-0.39, 0.29) is 0 Å². The van der Waals surface area contributed by atoms with Gasteiger partial charge in [-0.15, -0.1) is 0 Å². The van der Waals surface area contributed by atoms with Gasteiger partial charge in [0.15, 0.2) is 5.65 Å². The predicted molar refractivity (Wildman–Crippen MR) is 85.8 cm³/mol. The second-order valence-electron chi connectivity index (χ2n) is 5.24. The third kappa shape index (κ3) is 2.42. The van der Waals surface area contributed by atoms with Gasteiger partial charge in [0.1, 0.15) is 17.2 Å². The van der Waals surface area contributed by atoms with Gasteiger partial charge in [-0.25, -0.2) is 15.0 Å². The van der Waals surface area contributed by atoms with E-state index in [0.29, 0.717) is 5.25 Å². The van der Waals surface area contributed by atoms with Crippen LogP contribution >= 0.6 is 11.8 Å². The molecule has 3 aromatic rings. The molecule has 0 N–H and O–H groups in total. The summed E-state index contributed by atoms with van der Waals surface area (Å²) in [5.41, 5.74) is 1.84. The summed E-state index contributed by atoms with van der Waals surface area (Å²) in [6.45, 7) is 0. The highest BCUT2D eigenvalue weighted by molar-refractivity contribution is 8.00. The first-order valence-electron chi connectivity index (χ1n) is 7.27. The number of hydrogen-bond acceptors (Lipinski definition) is 4. The van der Waals surface area contributed by atoms with Gasteiger partial charge in [-0.1, -0.05) is 6.07 Å². The number of imidazole rings is 1. The fraction of sp³-hybridized carbons (Fsp3) is 0.312. The minimum Gasteiger partial charge on any atom is -0.264 e. The van der Waals surface area contributed by atoms with E-state index in [0.717, 1.165) is 29.2 Å². The molecule has 1 aliphatic heterocycles. The SMILES string of the molecule is c1ccc(-n2c(CC3CCCS3)nc3cccnc32)nc1. The molecule has 0 bridgehead atoms. The minimum atomic E-state index is 0.671. The van der Waals surface area contributed by atoms with Crippen molar-refractivity contribution < 1.29 is 0 Å². The molecule has 1 unspecified atom stereocenters. The summed E-state index contributed by atoms with van der Waals surface area (Å²) in [5, 5.41) is 0.671. The van der Waals surface area contributed by atoms with Crippen molar-refractivity contribution in [3.8, 4) is 5.82 Å². The molecule has 1 fully saturated rings. The molecule has 3 aromatic heterocycles. The maximum absolute atomic E-state index is 4.80. The molecule has 21 heavy (non-hydrogen) atoms. The lowest BCUT2D eigenvalue weighted by atomic mass is 10.2. The third-order valence-corrected chi connectivity index (χ3v) is 5.20. The lowest BCUT2D eigenvalue weighted by Crippen LogP contribution is -2.10. The van der Waals surface area contributed by atoms with E-state index in [9.17, 15) is 0 Å². The second-order valence-corrected chi connectivity index (χ2v) is 6.64. The van der Waals surface area contributed by atoms with Crippen molar-refractivity contribution >= 4 is 22.9 Å². The van der Waals surface area contributed by atoms with Gasteiger partial charge in [-0.2, -0.15) is 11.8 Å². The highest BCUT2D eigenvalue weighted by atomic mass is 32.2. The number of aromatic nitrogens is 4. The Hall–Kier alpha value is -1.88. The Bertz CT molecular complexity index is 747. The van der Waals surface area contributed by atoms with E-state index in [1.165, 1.54) is 18.6 Å². The molecular weight excluding hydrogens is 280 g/mol. The van der Waals surface area contributed by atoms with Crippen LogP contribution in [-0.2, 0) is 6.42 Å². The first-order chi connectivity index (χ1) is 10.4. The number of fused-ring (bicyclic) bond motifs is 1. The van der Waals surface area contributed by atoms with Crippen LogP contribution in [0.25, 0.3) is 17.0 Å². The van der Waals surface area contributed by atoms with Crippen LogP contribution in [0, 0.1) is 0 Å². The maximum Gasteiger partial charge on any atom is 0.165 e.